The SMILES string of the molecule is O=S(=O)(Oc1cccnc1Br)OC(F)(F)F. The van der Waals surface area contributed by atoms with E-state index < -0.39 is 22.5 Å². The van der Waals surface area contributed by atoms with Crippen molar-refractivity contribution < 1.29 is 30.0 Å². The number of nitrogens with zero attached hydrogens (tertiary/aromatic N) is 1. The number of hydrogen-bond donors (Lipinski definition) is 0. The monoisotopic (exact) mass is 321 g/mol. The Morgan fingerprint density at radius 1 is 1.38 bits per heavy atom. The molecule has 0 aliphatic heterocycles. The van der Waals surface area contributed by atoms with Gasteiger partial charge in [0.2, 0.25) is 0 Å². The molecule has 0 fully saturated rings. The third kappa shape index (κ3) is 4.33. The van der Waals surface area contributed by atoms with Gasteiger partial charge in [-0.3, -0.25) is 0 Å². The van der Waals surface area contributed by atoms with E-state index in [9.17, 15) is 21.6 Å². The van der Waals surface area contributed by atoms with Gasteiger partial charge in [-0.2, -0.15) is 8.42 Å². The Morgan fingerprint density at radius 2 is 2.00 bits per heavy atom. The van der Waals surface area contributed by atoms with Crippen molar-refractivity contribution in [2.75, 3.05) is 0 Å². The van der Waals surface area contributed by atoms with Crippen LogP contribution in [0.2, 0.25) is 0 Å². The largest absolute Gasteiger partial charge is 0.539 e. The molecule has 0 saturated heterocycles. The first kappa shape index (κ1) is 13.2. The fourth-order valence-corrected chi connectivity index (χ4v) is 1.73. The Labute approximate surface area is 96.7 Å². The minimum absolute atomic E-state index is 0.0654. The standard InChI is InChI=1S/C6H3BrF3NO4S/c7-5-4(2-1-3-11-5)14-16(12,13)15-6(8,9)10/h1-3H. The van der Waals surface area contributed by atoms with E-state index in [1.165, 1.54) is 12.3 Å². The quantitative estimate of drug-likeness (QED) is 0.797. The van der Waals surface area contributed by atoms with Crippen molar-refractivity contribution >= 4 is 26.3 Å². The van der Waals surface area contributed by atoms with E-state index in [-0.39, 0.29) is 4.60 Å². The van der Waals surface area contributed by atoms with E-state index in [4.69, 9.17) is 0 Å². The fraction of sp³-hybridized carbons (Fsp3) is 0.167. The van der Waals surface area contributed by atoms with Gasteiger partial charge < -0.3 is 4.18 Å². The first-order valence-corrected chi connectivity index (χ1v) is 5.64. The zero-order valence-corrected chi connectivity index (χ0v) is 9.63. The summed E-state index contributed by atoms with van der Waals surface area (Å²) in [5, 5.41) is 0. The maximum atomic E-state index is 11.6. The number of hydrogen-bond acceptors (Lipinski definition) is 5. The second-order valence-corrected chi connectivity index (χ2v) is 4.21. The predicted octanol–water partition coefficient (Wildman–Crippen LogP) is 2.00. The van der Waals surface area contributed by atoms with E-state index in [1.54, 1.807) is 0 Å². The Kier molecular flexibility index (Phi) is 3.76. The molecule has 0 radical (unpaired) electrons. The third-order valence-electron chi connectivity index (χ3n) is 1.11. The topological polar surface area (TPSA) is 65.5 Å². The lowest BCUT2D eigenvalue weighted by Crippen LogP contribution is -2.23. The van der Waals surface area contributed by atoms with Gasteiger partial charge in [0.15, 0.2) is 5.75 Å². The van der Waals surface area contributed by atoms with Crippen LogP contribution in [-0.2, 0) is 14.6 Å². The minimum Gasteiger partial charge on any atom is -0.359 e. The summed E-state index contributed by atoms with van der Waals surface area (Å²) >= 11 is 2.79. The highest BCUT2D eigenvalue weighted by Gasteiger charge is 2.38. The number of halogens is 4. The smallest absolute Gasteiger partial charge is 0.359 e. The molecule has 0 aromatic carbocycles. The summed E-state index contributed by atoms with van der Waals surface area (Å²) in [6, 6.07) is 2.39. The van der Waals surface area contributed by atoms with E-state index in [1.807, 2.05) is 0 Å². The van der Waals surface area contributed by atoms with E-state index in [0.717, 1.165) is 6.07 Å². The van der Waals surface area contributed by atoms with Crippen molar-refractivity contribution in [2.45, 2.75) is 6.36 Å². The van der Waals surface area contributed by atoms with Gasteiger partial charge in [-0.25, -0.2) is 4.98 Å². The number of rotatable bonds is 3. The molecule has 1 aromatic heterocycles. The van der Waals surface area contributed by atoms with Gasteiger partial charge in [-0.15, -0.1) is 17.4 Å². The first-order chi connectivity index (χ1) is 7.20. The van der Waals surface area contributed by atoms with Gasteiger partial charge in [0.25, 0.3) is 0 Å². The van der Waals surface area contributed by atoms with Gasteiger partial charge in [0.05, 0.1) is 0 Å². The molecule has 1 aromatic rings. The number of pyridine rings is 1. The molecule has 0 bridgehead atoms. The second-order valence-electron chi connectivity index (χ2n) is 2.31. The molecule has 0 aliphatic rings. The van der Waals surface area contributed by atoms with Crippen LogP contribution in [0.15, 0.2) is 22.9 Å². The zero-order valence-electron chi connectivity index (χ0n) is 7.23. The normalized spacial score (nSPS) is 12.5. The summed E-state index contributed by atoms with van der Waals surface area (Å²) in [5.41, 5.74) is 0. The van der Waals surface area contributed by atoms with Gasteiger partial charge in [0, 0.05) is 6.20 Å². The number of alkyl halides is 3. The molecule has 0 spiro atoms. The molecule has 90 valence electrons. The molecule has 0 atom stereocenters. The summed E-state index contributed by atoms with van der Waals surface area (Å²) in [4.78, 5) is 3.55. The molecule has 0 N–H and O–H groups in total. The lowest BCUT2D eigenvalue weighted by Gasteiger charge is -2.08. The average Bonchev–Trinajstić information content (AvgIpc) is 2.04. The highest BCUT2D eigenvalue weighted by molar-refractivity contribution is 9.10. The van der Waals surface area contributed by atoms with Crippen LogP contribution in [0.5, 0.6) is 5.75 Å². The van der Waals surface area contributed by atoms with Crippen molar-refractivity contribution in [1.82, 2.24) is 4.98 Å². The van der Waals surface area contributed by atoms with Crippen LogP contribution in [0, 0.1) is 0 Å². The molecule has 0 amide bonds. The van der Waals surface area contributed by atoms with Crippen molar-refractivity contribution in [3.63, 3.8) is 0 Å². The average molecular weight is 322 g/mol. The van der Waals surface area contributed by atoms with Crippen LogP contribution in [0.1, 0.15) is 0 Å². The summed E-state index contributed by atoms with van der Waals surface area (Å²) in [7, 11) is -5.21. The minimum atomic E-state index is -5.34. The van der Waals surface area contributed by atoms with Gasteiger partial charge >= 0.3 is 16.8 Å². The Balaban J connectivity index is 2.86. The highest BCUT2D eigenvalue weighted by atomic mass is 79.9. The molecule has 16 heavy (non-hydrogen) atoms. The number of aromatic nitrogens is 1. The molecule has 1 heterocycles. The van der Waals surface area contributed by atoms with Crippen LogP contribution in [0.4, 0.5) is 13.2 Å². The third-order valence-corrected chi connectivity index (χ3v) is 2.49. The van der Waals surface area contributed by atoms with Crippen LogP contribution < -0.4 is 4.18 Å². The summed E-state index contributed by atoms with van der Waals surface area (Å²) in [6.45, 7) is 0. The molecule has 0 saturated carbocycles. The first-order valence-electron chi connectivity index (χ1n) is 3.52. The van der Waals surface area contributed by atoms with Gasteiger partial charge in [0.1, 0.15) is 4.60 Å². The van der Waals surface area contributed by atoms with E-state index >= 15 is 0 Å². The van der Waals surface area contributed by atoms with Crippen LogP contribution in [0.25, 0.3) is 0 Å². The molecule has 0 unspecified atom stereocenters. The molecule has 5 nitrogen and oxygen atoms in total. The van der Waals surface area contributed by atoms with Crippen LogP contribution >= 0.6 is 15.9 Å². The Morgan fingerprint density at radius 3 is 2.50 bits per heavy atom. The molecule has 1 rings (SSSR count). The van der Waals surface area contributed by atoms with Crippen molar-refractivity contribution in [3.05, 3.63) is 22.9 Å². The fourth-order valence-electron chi connectivity index (χ4n) is 0.676. The molecular weight excluding hydrogens is 319 g/mol. The molecule has 0 aliphatic carbocycles. The van der Waals surface area contributed by atoms with E-state index in [2.05, 4.69) is 29.3 Å². The zero-order chi connectivity index (χ0) is 12.4. The van der Waals surface area contributed by atoms with Crippen molar-refractivity contribution in [2.24, 2.45) is 0 Å². The summed E-state index contributed by atoms with van der Waals surface area (Å²) in [6.07, 6.45) is -4.05. The molecule has 10 heteroatoms. The lowest BCUT2D eigenvalue weighted by atomic mass is 10.5. The highest BCUT2D eigenvalue weighted by Crippen LogP contribution is 2.26. The Hall–Kier alpha value is -0.870. The molecular formula is C6H3BrF3NO4S. The van der Waals surface area contributed by atoms with Crippen molar-refractivity contribution in [1.29, 1.82) is 0 Å². The summed E-state index contributed by atoms with van der Waals surface area (Å²) < 4.78 is 63.2. The summed E-state index contributed by atoms with van der Waals surface area (Å²) in [5.74, 6) is -0.410. The predicted molar refractivity (Wildman–Crippen MR) is 48.6 cm³/mol. The second kappa shape index (κ2) is 4.55. The van der Waals surface area contributed by atoms with Crippen LogP contribution in [0.3, 0.4) is 0 Å². The lowest BCUT2D eigenvalue weighted by molar-refractivity contribution is -0.274. The van der Waals surface area contributed by atoms with Gasteiger partial charge in [-0.1, -0.05) is 0 Å². The Bertz CT molecular complexity index is 475. The maximum absolute atomic E-state index is 11.6. The van der Waals surface area contributed by atoms with Crippen molar-refractivity contribution in [3.8, 4) is 5.75 Å². The maximum Gasteiger partial charge on any atom is 0.539 e. The van der Waals surface area contributed by atoms with Crippen LogP contribution in [-0.4, -0.2) is 19.8 Å². The van der Waals surface area contributed by atoms with E-state index in [0.29, 0.717) is 0 Å². The van der Waals surface area contributed by atoms with Gasteiger partial charge in [-0.05, 0) is 28.1 Å².